The first-order chi connectivity index (χ1) is 10.9. The number of anilines is 1. The number of benzene rings is 2. The van der Waals surface area contributed by atoms with Crippen molar-refractivity contribution in [1.29, 1.82) is 0 Å². The molecule has 0 saturated carbocycles. The van der Waals surface area contributed by atoms with Crippen molar-refractivity contribution in [2.45, 2.75) is 4.90 Å². The van der Waals surface area contributed by atoms with Gasteiger partial charge in [-0.2, -0.15) is 0 Å². The molecule has 0 spiro atoms. The molecule has 0 heterocycles. The predicted molar refractivity (Wildman–Crippen MR) is 89.9 cm³/mol. The van der Waals surface area contributed by atoms with E-state index in [1.165, 1.54) is 30.3 Å². The Labute approximate surface area is 139 Å². The van der Waals surface area contributed by atoms with Gasteiger partial charge in [-0.3, -0.25) is 9.52 Å². The number of rotatable bonds is 5. The number of hydrogen-bond acceptors (Lipinski definition) is 3. The van der Waals surface area contributed by atoms with Crippen LogP contribution in [0.15, 0.2) is 53.4 Å². The van der Waals surface area contributed by atoms with E-state index in [0.29, 0.717) is 10.7 Å². The maximum atomic E-state index is 12.4. The van der Waals surface area contributed by atoms with Crippen LogP contribution in [0.5, 0.6) is 0 Å². The molecule has 2 aromatic carbocycles. The molecule has 0 atom stereocenters. The summed E-state index contributed by atoms with van der Waals surface area (Å²) >= 11 is 5.83. The summed E-state index contributed by atoms with van der Waals surface area (Å²) < 4.78 is 27.2. The predicted octanol–water partition coefficient (Wildman–Crippen LogP) is 2.50. The maximum Gasteiger partial charge on any atom is 0.261 e. The molecule has 7 heteroatoms. The van der Waals surface area contributed by atoms with Crippen LogP contribution in [0.3, 0.4) is 0 Å². The lowest BCUT2D eigenvalue weighted by Gasteiger charge is -2.09. The highest BCUT2D eigenvalue weighted by Gasteiger charge is 2.16. The molecule has 5 nitrogen and oxygen atoms in total. The van der Waals surface area contributed by atoms with Crippen LogP contribution in [-0.4, -0.2) is 20.9 Å². The normalized spacial score (nSPS) is 10.6. The Morgan fingerprint density at radius 2 is 1.91 bits per heavy atom. The van der Waals surface area contributed by atoms with Crippen LogP contribution in [0, 0.1) is 12.3 Å². The van der Waals surface area contributed by atoms with Crippen LogP contribution >= 0.6 is 11.6 Å². The molecule has 0 aliphatic rings. The van der Waals surface area contributed by atoms with E-state index in [4.69, 9.17) is 18.0 Å². The van der Waals surface area contributed by atoms with Crippen molar-refractivity contribution in [3.8, 4) is 12.3 Å². The SMILES string of the molecule is C#CCNC(=O)c1cccc(S(=O)(=O)Nc2cccc(Cl)c2)c1. The largest absolute Gasteiger partial charge is 0.341 e. The first kappa shape index (κ1) is 16.9. The van der Waals surface area contributed by atoms with Gasteiger partial charge in [0, 0.05) is 10.6 Å². The molecule has 0 aliphatic carbocycles. The Morgan fingerprint density at radius 1 is 1.17 bits per heavy atom. The van der Waals surface area contributed by atoms with E-state index in [1.807, 2.05) is 0 Å². The van der Waals surface area contributed by atoms with Crippen LogP contribution in [0.25, 0.3) is 0 Å². The molecule has 118 valence electrons. The van der Waals surface area contributed by atoms with Gasteiger partial charge in [-0.15, -0.1) is 6.42 Å². The number of carbonyl (C=O) groups excluding carboxylic acids is 1. The van der Waals surface area contributed by atoms with Crippen molar-refractivity contribution in [3.05, 3.63) is 59.1 Å². The lowest BCUT2D eigenvalue weighted by atomic mass is 10.2. The minimum absolute atomic E-state index is 0.0363. The third-order valence-electron chi connectivity index (χ3n) is 2.83. The van der Waals surface area contributed by atoms with Crippen molar-refractivity contribution < 1.29 is 13.2 Å². The molecule has 0 aliphatic heterocycles. The minimum atomic E-state index is -3.84. The molecule has 0 fully saturated rings. The molecule has 23 heavy (non-hydrogen) atoms. The summed E-state index contributed by atoms with van der Waals surface area (Å²) in [6.45, 7) is 0.0660. The average molecular weight is 349 g/mol. The van der Waals surface area contributed by atoms with Gasteiger partial charge in [0.2, 0.25) is 0 Å². The van der Waals surface area contributed by atoms with Crippen LogP contribution in [0.1, 0.15) is 10.4 Å². The molecular weight excluding hydrogens is 336 g/mol. The number of carbonyl (C=O) groups is 1. The van der Waals surface area contributed by atoms with Crippen molar-refractivity contribution in [2.75, 3.05) is 11.3 Å². The van der Waals surface area contributed by atoms with Gasteiger partial charge in [-0.25, -0.2) is 8.42 Å². The first-order valence-corrected chi connectivity index (χ1v) is 8.38. The molecule has 0 radical (unpaired) electrons. The maximum absolute atomic E-state index is 12.4. The van der Waals surface area contributed by atoms with Crippen molar-refractivity contribution in [2.24, 2.45) is 0 Å². The lowest BCUT2D eigenvalue weighted by molar-refractivity contribution is 0.0958. The molecule has 0 unspecified atom stereocenters. The van der Waals surface area contributed by atoms with E-state index >= 15 is 0 Å². The number of amides is 1. The molecule has 0 aromatic heterocycles. The average Bonchev–Trinajstić information content (AvgIpc) is 2.52. The van der Waals surface area contributed by atoms with Gasteiger partial charge < -0.3 is 5.32 Å². The van der Waals surface area contributed by atoms with E-state index < -0.39 is 15.9 Å². The number of terminal acetylenes is 1. The van der Waals surface area contributed by atoms with Crippen LogP contribution < -0.4 is 10.0 Å². The second kappa shape index (κ2) is 7.18. The minimum Gasteiger partial charge on any atom is -0.341 e. The van der Waals surface area contributed by atoms with Gasteiger partial charge in [-0.05, 0) is 36.4 Å². The number of halogens is 1. The quantitative estimate of drug-likeness (QED) is 0.815. The fourth-order valence-electron chi connectivity index (χ4n) is 1.80. The third-order valence-corrected chi connectivity index (χ3v) is 4.45. The summed E-state index contributed by atoms with van der Waals surface area (Å²) in [6, 6.07) is 12.0. The van der Waals surface area contributed by atoms with Gasteiger partial charge in [0.1, 0.15) is 0 Å². The summed E-state index contributed by atoms with van der Waals surface area (Å²) in [6.07, 6.45) is 5.07. The van der Waals surface area contributed by atoms with Gasteiger partial charge in [0.15, 0.2) is 0 Å². The number of hydrogen-bond donors (Lipinski definition) is 2. The zero-order valence-corrected chi connectivity index (χ0v) is 13.5. The van der Waals surface area contributed by atoms with E-state index in [-0.39, 0.29) is 17.0 Å². The molecule has 2 N–H and O–H groups in total. The Hall–Kier alpha value is -2.49. The smallest absolute Gasteiger partial charge is 0.261 e. The highest BCUT2D eigenvalue weighted by atomic mass is 35.5. The molecule has 2 aromatic rings. The fourth-order valence-corrected chi connectivity index (χ4v) is 3.09. The summed E-state index contributed by atoms with van der Waals surface area (Å²) in [5, 5.41) is 2.89. The number of nitrogens with one attached hydrogen (secondary N) is 2. The van der Waals surface area contributed by atoms with Crippen molar-refractivity contribution in [1.82, 2.24) is 5.32 Å². The van der Waals surface area contributed by atoms with Crippen molar-refractivity contribution >= 4 is 33.2 Å². The molecule has 1 amide bonds. The topological polar surface area (TPSA) is 75.3 Å². The second-order valence-electron chi connectivity index (χ2n) is 4.53. The van der Waals surface area contributed by atoms with Crippen LogP contribution in [-0.2, 0) is 10.0 Å². The number of sulfonamides is 1. The molecular formula is C16H13ClN2O3S. The van der Waals surface area contributed by atoms with Gasteiger partial charge >= 0.3 is 0 Å². The molecule has 0 saturated heterocycles. The highest BCUT2D eigenvalue weighted by molar-refractivity contribution is 7.92. The summed E-state index contributed by atoms with van der Waals surface area (Å²) in [7, 11) is -3.84. The van der Waals surface area contributed by atoms with Gasteiger partial charge in [0.25, 0.3) is 15.9 Å². The summed E-state index contributed by atoms with van der Waals surface area (Å²) in [5.41, 5.74) is 0.536. The third kappa shape index (κ3) is 4.49. The fraction of sp³-hybridized carbons (Fsp3) is 0.0625. The van der Waals surface area contributed by atoms with Gasteiger partial charge in [-0.1, -0.05) is 29.7 Å². The lowest BCUT2D eigenvalue weighted by Crippen LogP contribution is -2.24. The Kier molecular flexibility index (Phi) is 5.27. The molecule has 2 rings (SSSR count). The van der Waals surface area contributed by atoms with E-state index in [1.54, 1.807) is 18.2 Å². The second-order valence-corrected chi connectivity index (χ2v) is 6.65. The summed E-state index contributed by atoms with van der Waals surface area (Å²) in [5.74, 6) is 1.83. The van der Waals surface area contributed by atoms with Crippen molar-refractivity contribution in [3.63, 3.8) is 0 Å². The van der Waals surface area contributed by atoms with Crippen LogP contribution in [0.4, 0.5) is 5.69 Å². The van der Waals surface area contributed by atoms with E-state index in [9.17, 15) is 13.2 Å². The standard InChI is InChI=1S/C16H13ClN2O3S/c1-2-9-18-16(20)12-5-3-8-15(10-12)23(21,22)19-14-7-4-6-13(17)11-14/h1,3-8,10-11,19H,9H2,(H,18,20). The van der Waals surface area contributed by atoms with Crippen LogP contribution in [0.2, 0.25) is 5.02 Å². The van der Waals surface area contributed by atoms with E-state index in [0.717, 1.165) is 0 Å². The monoisotopic (exact) mass is 348 g/mol. The zero-order chi connectivity index (χ0) is 16.9. The Morgan fingerprint density at radius 3 is 2.61 bits per heavy atom. The zero-order valence-electron chi connectivity index (χ0n) is 11.9. The first-order valence-electron chi connectivity index (χ1n) is 6.52. The molecule has 0 bridgehead atoms. The van der Waals surface area contributed by atoms with E-state index in [2.05, 4.69) is 16.0 Å². The van der Waals surface area contributed by atoms with Gasteiger partial charge in [0.05, 0.1) is 17.1 Å². The summed E-state index contributed by atoms with van der Waals surface area (Å²) in [4.78, 5) is 11.8. The Bertz CT molecular complexity index is 873. The Balaban J connectivity index is 2.26. The highest BCUT2D eigenvalue weighted by Crippen LogP contribution is 2.20.